The van der Waals surface area contributed by atoms with Gasteiger partial charge in [0.25, 0.3) is 11.6 Å². The van der Waals surface area contributed by atoms with Gasteiger partial charge in [0.15, 0.2) is 0 Å². The first-order chi connectivity index (χ1) is 9.52. The highest BCUT2D eigenvalue weighted by atomic mass is 16.6. The Balaban J connectivity index is 2.40. The molecule has 0 bridgehead atoms. The first-order valence-corrected chi connectivity index (χ1v) is 6.20. The highest BCUT2D eigenvalue weighted by molar-refractivity contribution is 5.99. The van der Waals surface area contributed by atoms with Gasteiger partial charge in [-0.1, -0.05) is 0 Å². The summed E-state index contributed by atoms with van der Waals surface area (Å²) in [4.78, 5) is 35.6. The molecular weight excluding hydrogens is 264 g/mol. The van der Waals surface area contributed by atoms with Crippen molar-refractivity contribution in [3.05, 3.63) is 39.4 Å². The Kier molecular flexibility index (Phi) is 3.97. The molecule has 0 radical (unpaired) electrons. The van der Waals surface area contributed by atoms with Crippen LogP contribution >= 0.6 is 0 Å². The maximum absolute atomic E-state index is 12.2. The average Bonchev–Trinajstić information content (AvgIpc) is 2.99. The van der Waals surface area contributed by atoms with Gasteiger partial charge in [0.1, 0.15) is 0 Å². The Morgan fingerprint density at radius 3 is 2.35 bits per heavy atom. The van der Waals surface area contributed by atoms with Crippen molar-refractivity contribution < 1.29 is 19.2 Å². The molecule has 0 atom stereocenters. The van der Waals surface area contributed by atoms with Gasteiger partial charge < -0.3 is 9.64 Å². The molecule has 1 amide bonds. The smallest absolute Gasteiger partial charge is 0.338 e. The molecule has 7 nitrogen and oxygen atoms in total. The zero-order valence-electron chi connectivity index (χ0n) is 11.0. The molecule has 20 heavy (non-hydrogen) atoms. The molecule has 7 heteroatoms. The Morgan fingerprint density at radius 2 is 1.80 bits per heavy atom. The van der Waals surface area contributed by atoms with E-state index in [2.05, 4.69) is 4.74 Å². The van der Waals surface area contributed by atoms with Gasteiger partial charge in [-0.15, -0.1) is 0 Å². The van der Waals surface area contributed by atoms with E-state index in [0.29, 0.717) is 13.1 Å². The topological polar surface area (TPSA) is 89.8 Å². The van der Waals surface area contributed by atoms with Crippen LogP contribution in [0.25, 0.3) is 0 Å². The van der Waals surface area contributed by atoms with E-state index in [9.17, 15) is 19.7 Å². The van der Waals surface area contributed by atoms with Gasteiger partial charge in [0.2, 0.25) is 0 Å². The first-order valence-electron chi connectivity index (χ1n) is 6.20. The van der Waals surface area contributed by atoms with E-state index in [4.69, 9.17) is 0 Å². The van der Waals surface area contributed by atoms with Gasteiger partial charge in [-0.2, -0.15) is 0 Å². The summed E-state index contributed by atoms with van der Waals surface area (Å²) in [5, 5.41) is 10.9. The molecule has 0 saturated carbocycles. The molecule has 0 aliphatic carbocycles. The van der Waals surface area contributed by atoms with Crippen LogP contribution in [0.5, 0.6) is 0 Å². The van der Waals surface area contributed by atoms with Crippen LogP contribution in [-0.4, -0.2) is 41.9 Å². The number of esters is 1. The van der Waals surface area contributed by atoms with Crippen LogP contribution in [0.4, 0.5) is 5.69 Å². The van der Waals surface area contributed by atoms with Crippen LogP contribution < -0.4 is 0 Å². The Hall–Kier alpha value is -2.44. The van der Waals surface area contributed by atoms with Crippen LogP contribution in [0.3, 0.4) is 0 Å². The van der Waals surface area contributed by atoms with Crippen molar-refractivity contribution in [1.82, 2.24) is 4.90 Å². The molecule has 0 N–H and O–H groups in total. The number of rotatable bonds is 3. The Morgan fingerprint density at radius 1 is 1.20 bits per heavy atom. The fourth-order valence-electron chi connectivity index (χ4n) is 2.18. The van der Waals surface area contributed by atoms with Gasteiger partial charge in [-0.05, 0) is 18.9 Å². The summed E-state index contributed by atoms with van der Waals surface area (Å²) in [5.41, 5.74) is -0.152. The number of carbonyl (C=O) groups is 2. The van der Waals surface area contributed by atoms with Crippen molar-refractivity contribution in [1.29, 1.82) is 0 Å². The van der Waals surface area contributed by atoms with Crippen LogP contribution in [0.15, 0.2) is 18.2 Å². The minimum absolute atomic E-state index is 0.00393. The van der Waals surface area contributed by atoms with E-state index in [-0.39, 0.29) is 22.7 Å². The van der Waals surface area contributed by atoms with Crippen molar-refractivity contribution in [3.63, 3.8) is 0 Å². The molecule has 1 aliphatic heterocycles. The van der Waals surface area contributed by atoms with E-state index in [1.807, 2.05) is 0 Å². The predicted octanol–water partition coefficient (Wildman–Crippen LogP) is 1.62. The maximum atomic E-state index is 12.2. The molecule has 0 unspecified atom stereocenters. The summed E-state index contributed by atoms with van der Waals surface area (Å²) >= 11 is 0. The van der Waals surface area contributed by atoms with Crippen LogP contribution in [0, 0.1) is 10.1 Å². The van der Waals surface area contributed by atoms with Crippen molar-refractivity contribution in [2.75, 3.05) is 20.2 Å². The number of ether oxygens (including phenoxy) is 1. The van der Waals surface area contributed by atoms with Crippen LogP contribution in [0.1, 0.15) is 33.6 Å². The standard InChI is InChI=1S/C13H14N2O5/c1-20-13(17)10-6-9(7-11(8-10)15(18)19)12(16)14-4-2-3-5-14/h6-8H,2-5H2,1H3. The summed E-state index contributed by atoms with van der Waals surface area (Å²) in [5.74, 6) is -1.000. The number of carbonyl (C=O) groups excluding carboxylic acids is 2. The molecule has 1 aromatic rings. The average molecular weight is 278 g/mol. The molecule has 1 saturated heterocycles. The fourth-order valence-corrected chi connectivity index (χ4v) is 2.18. The second-order valence-corrected chi connectivity index (χ2v) is 4.52. The summed E-state index contributed by atoms with van der Waals surface area (Å²) in [7, 11) is 1.18. The quantitative estimate of drug-likeness (QED) is 0.476. The number of hydrogen-bond donors (Lipinski definition) is 0. The van der Waals surface area contributed by atoms with Gasteiger partial charge in [-0.3, -0.25) is 14.9 Å². The second-order valence-electron chi connectivity index (χ2n) is 4.52. The molecule has 1 fully saturated rings. The normalized spacial score (nSPS) is 14.2. The third-order valence-corrected chi connectivity index (χ3v) is 3.19. The number of benzene rings is 1. The van der Waals surface area contributed by atoms with E-state index in [1.54, 1.807) is 4.90 Å². The van der Waals surface area contributed by atoms with Gasteiger partial charge in [0, 0.05) is 30.8 Å². The molecule has 1 heterocycles. The number of amides is 1. The lowest BCUT2D eigenvalue weighted by molar-refractivity contribution is -0.384. The number of nitro groups is 1. The Labute approximate surface area is 115 Å². The third kappa shape index (κ3) is 2.76. The summed E-state index contributed by atoms with van der Waals surface area (Å²) in [6.45, 7) is 1.27. The second kappa shape index (κ2) is 5.68. The SMILES string of the molecule is COC(=O)c1cc(C(=O)N2CCCC2)cc([N+](=O)[O-])c1. The van der Waals surface area contributed by atoms with Crippen molar-refractivity contribution in [2.24, 2.45) is 0 Å². The number of likely N-dealkylation sites (tertiary alicyclic amines) is 1. The number of non-ortho nitro benzene ring substituents is 1. The van der Waals surface area contributed by atoms with Gasteiger partial charge in [0.05, 0.1) is 17.6 Å². The monoisotopic (exact) mass is 278 g/mol. The van der Waals surface area contributed by atoms with Gasteiger partial charge in [-0.25, -0.2) is 4.79 Å². The molecule has 1 aliphatic rings. The van der Waals surface area contributed by atoms with Crippen molar-refractivity contribution >= 4 is 17.6 Å². The Bertz CT molecular complexity index is 564. The summed E-state index contributed by atoms with van der Waals surface area (Å²) < 4.78 is 4.54. The molecular formula is C13H14N2O5. The van der Waals surface area contributed by atoms with E-state index in [0.717, 1.165) is 18.9 Å². The maximum Gasteiger partial charge on any atom is 0.338 e. The van der Waals surface area contributed by atoms with Crippen LogP contribution in [-0.2, 0) is 4.74 Å². The minimum atomic E-state index is -0.704. The van der Waals surface area contributed by atoms with E-state index in [1.165, 1.54) is 19.2 Å². The number of methoxy groups -OCH3 is 1. The van der Waals surface area contributed by atoms with Crippen molar-refractivity contribution in [3.8, 4) is 0 Å². The largest absolute Gasteiger partial charge is 0.465 e. The van der Waals surface area contributed by atoms with E-state index >= 15 is 0 Å². The fraction of sp³-hybridized carbons (Fsp3) is 0.385. The van der Waals surface area contributed by atoms with Crippen molar-refractivity contribution in [2.45, 2.75) is 12.8 Å². The number of nitrogens with zero attached hydrogens (tertiary/aromatic N) is 2. The minimum Gasteiger partial charge on any atom is -0.465 e. The lowest BCUT2D eigenvalue weighted by atomic mass is 10.1. The molecule has 1 aromatic carbocycles. The third-order valence-electron chi connectivity index (χ3n) is 3.19. The summed E-state index contributed by atoms with van der Waals surface area (Å²) in [6.07, 6.45) is 1.84. The number of nitro benzene ring substituents is 1. The molecule has 106 valence electrons. The first kappa shape index (κ1) is 14.0. The highest BCUT2D eigenvalue weighted by Crippen LogP contribution is 2.21. The van der Waals surface area contributed by atoms with Gasteiger partial charge >= 0.3 is 5.97 Å². The lowest BCUT2D eigenvalue weighted by Crippen LogP contribution is -2.27. The number of hydrogen-bond acceptors (Lipinski definition) is 5. The molecule has 0 spiro atoms. The van der Waals surface area contributed by atoms with E-state index < -0.39 is 10.9 Å². The zero-order valence-corrected chi connectivity index (χ0v) is 11.0. The molecule has 0 aromatic heterocycles. The lowest BCUT2D eigenvalue weighted by Gasteiger charge is -2.15. The molecule has 2 rings (SSSR count). The summed E-state index contributed by atoms with van der Waals surface area (Å²) in [6, 6.07) is 3.62. The van der Waals surface area contributed by atoms with Crippen LogP contribution in [0.2, 0.25) is 0 Å². The zero-order chi connectivity index (χ0) is 14.7. The highest BCUT2D eigenvalue weighted by Gasteiger charge is 2.23. The predicted molar refractivity (Wildman–Crippen MR) is 69.6 cm³/mol.